The third-order valence-electron chi connectivity index (χ3n) is 4.64. The minimum absolute atomic E-state index is 0.0441. The number of piperidine rings is 1. The van der Waals surface area contributed by atoms with Crippen molar-refractivity contribution in [3.05, 3.63) is 28.5 Å². The van der Waals surface area contributed by atoms with E-state index in [1.807, 2.05) is 0 Å². The fourth-order valence-electron chi connectivity index (χ4n) is 3.28. The van der Waals surface area contributed by atoms with Gasteiger partial charge in [0.25, 0.3) is 0 Å². The van der Waals surface area contributed by atoms with E-state index in [-0.39, 0.29) is 40.2 Å². The fourth-order valence-corrected chi connectivity index (χ4v) is 3.28. The van der Waals surface area contributed by atoms with Crippen LogP contribution in [0.25, 0.3) is 11.4 Å². The molecule has 2 heterocycles. The highest BCUT2D eigenvalue weighted by Crippen LogP contribution is 2.41. The molecule has 0 spiro atoms. The number of nitrogens with one attached hydrogen (secondary N) is 1. The van der Waals surface area contributed by atoms with Gasteiger partial charge < -0.3 is 21.3 Å². The van der Waals surface area contributed by atoms with Gasteiger partial charge in [0, 0.05) is 12.5 Å². The van der Waals surface area contributed by atoms with Crippen molar-refractivity contribution in [2.45, 2.75) is 32.6 Å². The SMILES string of the molecule is Cc1cc(C)c(O)c(-c2nc(N)c(C#N)c(C3CCCNC3)n2)c1O. The zero-order valence-corrected chi connectivity index (χ0v) is 14.3. The second kappa shape index (κ2) is 6.57. The molecule has 1 unspecified atom stereocenters. The minimum Gasteiger partial charge on any atom is -0.507 e. The van der Waals surface area contributed by atoms with Gasteiger partial charge in [0.2, 0.25) is 0 Å². The van der Waals surface area contributed by atoms with Gasteiger partial charge in [-0.2, -0.15) is 5.26 Å². The Morgan fingerprint density at radius 1 is 1.24 bits per heavy atom. The van der Waals surface area contributed by atoms with Crippen molar-refractivity contribution < 1.29 is 10.2 Å². The summed E-state index contributed by atoms with van der Waals surface area (Å²) in [6, 6.07) is 3.78. The van der Waals surface area contributed by atoms with Gasteiger partial charge in [-0.25, -0.2) is 9.97 Å². The summed E-state index contributed by atoms with van der Waals surface area (Å²) in [6.07, 6.45) is 1.87. The highest BCUT2D eigenvalue weighted by Gasteiger charge is 2.26. The Bertz CT molecular complexity index is 841. The zero-order chi connectivity index (χ0) is 18.1. The number of benzene rings is 1. The number of anilines is 1. The summed E-state index contributed by atoms with van der Waals surface area (Å²) >= 11 is 0. The van der Waals surface area contributed by atoms with Crippen LogP contribution in [0.3, 0.4) is 0 Å². The molecule has 1 fully saturated rings. The number of aromatic nitrogens is 2. The van der Waals surface area contributed by atoms with E-state index >= 15 is 0 Å². The van der Waals surface area contributed by atoms with Gasteiger partial charge in [-0.05, 0) is 50.4 Å². The lowest BCUT2D eigenvalue weighted by Crippen LogP contribution is -2.29. The Balaban J connectivity index is 2.23. The summed E-state index contributed by atoms with van der Waals surface area (Å²) in [5.41, 5.74) is 8.19. The molecule has 0 aliphatic carbocycles. The molecule has 0 bridgehead atoms. The number of aryl methyl sites for hydroxylation is 2. The van der Waals surface area contributed by atoms with Gasteiger partial charge >= 0.3 is 0 Å². The smallest absolute Gasteiger partial charge is 0.169 e. The number of phenolic OH excluding ortho intramolecular Hbond substituents is 2. The number of nitrogens with zero attached hydrogens (tertiary/aromatic N) is 3. The molecule has 7 heteroatoms. The maximum Gasteiger partial charge on any atom is 0.169 e. The minimum atomic E-state index is -0.0834. The van der Waals surface area contributed by atoms with Crippen LogP contribution in [0.5, 0.6) is 11.5 Å². The molecule has 1 atom stereocenters. The molecule has 5 N–H and O–H groups in total. The molecule has 25 heavy (non-hydrogen) atoms. The molecule has 2 aromatic rings. The van der Waals surface area contributed by atoms with Crippen LogP contribution in [-0.2, 0) is 0 Å². The lowest BCUT2D eigenvalue weighted by molar-refractivity contribution is 0.446. The molecule has 130 valence electrons. The van der Waals surface area contributed by atoms with E-state index in [1.54, 1.807) is 19.9 Å². The second-order valence-corrected chi connectivity index (χ2v) is 6.43. The summed E-state index contributed by atoms with van der Waals surface area (Å²) in [7, 11) is 0. The highest BCUT2D eigenvalue weighted by molar-refractivity contribution is 5.76. The quantitative estimate of drug-likeness (QED) is 0.659. The maximum atomic E-state index is 10.4. The van der Waals surface area contributed by atoms with Crippen LogP contribution < -0.4 is 11.1 Å². The van der Waals surface area contributed by atoms with Gasteiger partial charge in [0.15, 0.2) is 5.82 Å². The van der Waals surface area contributed by atoms with E-state index in [1.165, 1.54) is 0 Å². The number of aromatic hydroxyl groups is 2. The maximum absolute atomic E-state index is 10.4. The molecule has 1 aliphatic rings. The number of nitrogen functional groups attached to an aromatic ring is 1. The van der Waals surface area contributed by atoms with Crippen molar-refractivity contribution in [1.82, 2.24) is 15.3 Å². The first-order chi connectivity index (χ1) is 11.9. The molecular formula is C18H21N5O2. The number of hydrogen-bond donors (Lipinski definition) is 4. The summed E-state index contributed by atoms with van der Waals surface area (Å²) < 4.78 is 0. The van der Waals surface area contributed by atoms with Crippen LogP contribution >= 0.6 is 0 Å². The number of nitrogens with two attached hydrogens (primary N) is 1. The molecule has 3 rings (SSSR count). The number of rotatable bonds is 2. The van der Waals surface area contributed by atoms with Crippen LogP contribution in [0.1, 0.15) is 41.1 Å². The van der Waals surface area contributed by atoms with Gasteiger partial charge in [-0.15, -0.1) is 0 Å². The third kappa shape index (κ3) is 2.96. The predicted octanol–water partition coefficient (Wildman–Crippen LogP) is 2.09. The van der Waals surface area contributed by atoms with Crippen molar-refractivity contribution in [3.63, 3.8) is 0 Å². The summed E-state index contributed by atoms with van der Waals surface area (Å²) in [4.78, 5) is 8.71. The van der Waals surface area contributed by atoms with Crippen LogP contribution in [-0.4, -0.2) is 33.3 Å². The van der Waals surface area contributed by atoms with Gasteiger partial charge in [0.1, 0.15) is 34.5 Å². The number of nitriles is 1. The third-order valence-corrected chi connectivity index (χ3v) is 4.64. The standard InChI is InChI=1S/C18H21N5O2/c1-9-6-10(2)16(25)13(15(9)24)18-22-14(11-4-3-5-21-8-11)12(7-19)17(20)23-18/h6,11,21,24-25H,3-5,8H2,1-2H3,(H2,20,22,23). The zero-order valence-electron chi connectivity index (χ0n) is 14.3. The predicted molar refractivity (Wildman–Crippen MR) is 94.2 cm³/mol. The molecule has 1 aromatic carbocycles. The first kappa shape index (κ1) is 17.0. The topological polar surface area (TPSA) is 128 Å². The van der Waals surface area contributed by atoms with E-state index in [0.717, 1.165) is 19.4 Å². The molecular weight excluding hydrogens is 318 g/mol. The van der Waals surface area contributed by atoms with Gasteiger partial charge in [-0.3, -0.25) is 0 Å². The normalized spacial score (nSPS) is 17.2. The Morgan fingerprint density at radius 2 is 1.92 bits per heavy atom. The average Bonchev–Trinajstić information content (AvgIpc) is 2.60. The van der Waals surface area contributed by atoms with Crippen molar-refractivity contribution in [3.8, 4) is 29.0 Å². The van der Waals surface area contributed by atoms with Gasteiger partial charge in [-0.1, -0.05) is 0 Å². The molecule has 0 saturated carbocycles. The first-order valence-corrected chi connectivity index (χ1v) is 8.24. The van der Waals surface area contributed by atoms with Crippen molar-refractivity contribution >= 4 is 5.82 Å². The molecule has 1 aliphatic heterocycles. The van der Waals surface area contributed by atoms with Gasteiger partial charge in [0.05, 0.1) is 5.69 Å². The molecule has 1 aromatic heterocycles. The van der Waals surface area contributed by atoms with E-state index in [0.29, 0.717) is 23.4 Å². The highest BCUT2D eigenvalue weighted by atomic mass is 16.3. The van der Waals surface area contributed by atoms with E-state index in [9.17, 15) is 15.5 Å². The van der Waals surface area contributed by atoms with Crippen LogP contribution in [0.4, 0.5) is 5.82 Å². The van der Waals surface area contributed by atoms with Crippen LogP contribution in [0.15, 0.2) is 6.07 Å². The summed E-state index contributed by atoms with van der Waals surface area (Å²) in [6.45, 7) is 5.12. The average molecular weight is 339 g/mol. The molecule has 0 radical (unpaired) electrons. The fraction of sp³-hybridized carbons (Fsp3) is 0.389. The second-order valence-electron chi connectivity index (χ2n) is 6.43. The lowest BCUT2D eigenvalue weighted by atomic mass is 9.92. The van der Waals surface area contributed by atoms with E-state index < -0.39 is 0 Å². The van der Waals surface area contributed by atoms with E-state index in [4.69, 9.17) is 5.73 Å². The molecule has 0 amide bonds. The Kier molecular flexibility index (Phi) is 4.47. The largest absolute Gasteiger partial charge is 0.507 e. The Labute approximate surface area is 146 Å². The Morgan fingerprint density at radius 3 is 2.48 bits per heavy atom. The lowest BCUT2D eigenvalue weighted by Gasteiger charge is -2.24. The monoisotopic (exact) mass is 339 g/mol. The number of hydrogen-bond acceptors (Lipinski definition) is 7. The molecule has 1 saturated heterocycles. The number of phenols is 2. The first-order valence-electron chi connectivity index (χ1n) is 8.24. The van der Waals surface area contributed by atoms with Crippen LogP contribution in [0, 0.1) is 25.2 Å². The Hall–Kier alpha value is -2.85. The summed E-state index contributed by atoms with van der Waals surface area (Å²) in [5, 5.41) is 33.6. The molecule has 7 nitrogen and oxygen atoms in total. The van der Waals surface area contributed by atoms with Crippen molar-refractivity contribution in [2.75, 3.05) is 18.8 Å². The van der Waals surface area contributed by atoms with Crippen molar-refractivity contribution in [2.24, 2.45) is 0 Å². The van der Waals surface area contributed by atoms with Crippen molar-refractivity contribution in [1.29, 1.82) is 5.26 Å². The van der Waals surface area contributed by atoms with E-state index in [2.05, 4.69) is 21.4 Å². The summed E-state index contributed by atoms with van der Waals surface area (Å²) in [5.74, 6) is 0.0763. The van der Waals surface area contributed by atoms with Crippen LogP contribution in [0.2, 0.25) is 0 Å².